The van der Waals surface area contributed by atoms with Gasteiger partial charge in [0.2, 0.25) is 0 Å². The van der Waals surface area contributed by atoms with Crippen LogP contribution in [0.5, 0.6) is 0 Å². The minimum Gasteiger partial charge on any atom is -0.396 e. The van der Waals surface area contributed by atoms with E-state index in [1.165, 1.54) is 0 Å². The van der Waals surface area contributed by atoms with Gasteiger partial charge >= 0.3 is 0 Å². The Morgan fingerprint density at radius 3 is 2.54 bits per heavy atom. The Labute approximate surface area is 81.5 Å². The third-order valence-corrected chi connectivity index (χ3v) is 1.95. The van der Waals surface area contributed by atoms with Gasteiger partial charge < -0.3 is 15.2 Å². The van der Waals surface area contributed by atoms with Gasteiger partial charge in [-0.25, -0.2) is 0 Å². The Kier molecular flexibility index (Phi) is 9.87. The third kappa shape index (κ3) is 9.80. The number of aliphatic hydroxyl groups excluding tert-OH is 1. The van der Waals surface area contributed by atoms with E-state index in [2.05, 4.69) is 12.2 Å². The second-order valence-corrected chi connectivity index (χ2v) is 3.38. The molecule has 0 spiro atoms. The van der Waals surface area contributed by atoms with E-state index < -0.39 is 0 Å². The van der Waals surface area contributed by atoms with Crippen molar-refractivity contribution in [1.82, 2.24) is 5.32 Å². The molecule has 0 aliphatic carbocycles. The number of aliphatic hydroxyl groups is 1. The van der Waals surface area contributed by atoms with Crippen LogP contribution in [0.4, 0.5) is 0 Å². The summed E-state index contributed by atoms with van der Waals surface area (Å²) in [5.41, 5.74) is 0. The van der Waals surface area contributed by atoms with E-state index in [0.29, 0.717) is 12.7 Å². The van der Waals surface area contributed by atoms with Gasteiger partial charge in [0.15, 0.2) is 0 Å². The average molecular weight is 189 g/mol. The lowest BCUT2D eigenvalue weighted by Gasteiger charge is -2.11. The van der Waals surface area contributed by atoms with Gasteiger partial charge in [0.25, 0.3) is 0 Å². The molecule has 0 heterocycles. The molecule has 0 saturated heterocycles. The van der Waals surface area contributed by atoms with Gasteiger partial charge in [0.05, 0.1) is 6.10 Å². The van der Waals surface area contributed by atoms with Gasteiger partial charge in [-0.05, 0) is 26.8 Å². The minimum atomic E-state index is 0.308. The quantitative estimate of drug-likeness (QED) is 0.535. The van der Waals surface area contributed by atoms with Crippen molar-refractivity contribution in [2.75, 3.05) is 26.8 Å². The maximum atomic E-state index is 8.54. The average Bonchev–Trinajstić information content (AvgIpc) is 2.11. The third-order valence-electron chi connectivity index (χ3n) is 1.95. The lowest BCUT2D eigenvalue weighted by molar-refractivity contribution is 0.0641. The van der Waals surface area contributed by atoms with E-state index >= 15 is 0 Å². The van der Waals surface area contributed by atoms with Gasteiger partial charge in [-0.1, -0.05) is 12.8 Å². The van der Waals surface area contributed by atoms with Crippen LogP contribution in [0.2, 0.25) is 0 Å². The van der Waals surface area contributed by atoms with Crippen molar-refractivity contribution in [1.29, 1.82) is 0 Å². The first-order valence-electron chi connectivity index (χ1n) is 5.18. The molecule has 0 saturated carbocycles. The Morgan fingerprint density at radius 2 is 1.92 bits per heavy atom. The molecule has 3 nitrogen and oxygen atoms in total. The number of hydrogen-bond acceptors (Lipinski definition) is 3. The van der Waals surface area contributed by atoms with Gasteiger partial charge in [-0.15, -0.1) is 0 Å². The fraction of sp³-hybridized carbons (Fsp3) is 1.00. The summed E-state index contributed by atoms with van der Waals surface area (Å²) >= 11 is 0. The highest BCUT2D eigenvalue weighted by atomic mass is 16.5. The van der Waals surface area contributed by atoms with E-state index in [9.17, 15) is 0 Å². The molecule has 80 valence electrons. The van der Waals surface area contributed by atoms with Crippen molar-refractivity contribution < 1.29 is 9.84 Å². The number of likely N-dealkylation sites (N-methyl/N-ethyl adjacent to an activating group) is 1. The summed E-state index contributed by atoms with van der Waals surface area (Å²) in [6.07, 6.45) is 4.61. The molecule has 0 aromatic carbocycles. The van der Waals surface area contributed by atoms with Crippen molar-refractivity contribution >= 4 is 0 Å². The second kappa shape index (κ2) is 9.96. The number of rotatable bonds is 9. The highest BCUT2D eigenvalue weighted by molar-refractivity contribution is 4.51. The Morgan fingerprint density at radius 1 is 1.23 bits per heavy atom. The zero-order chi connectivity index (χ0) is 9.94. The first kappa shape index (κ1) is 12.9. The van der Waals surface area contributed by atoms with Crippen LogP contribution in [0.3, 0.4) is 0 Å². The minimum absolute atomic E-state index is 0.308. The van der Waals surface area contributed by atoms with E-state index in [0.717, 1.165) is 38.8 Å². The normalized spacial score (nSPS) is 13.2. The van der Waals surface area contributed by atoms with Crippen molar-refractivity contribution in [3.8, 4) is 0 Å². The van der Waals surface area contributed by atoms with E-state index in [-0.39, 0.29) is 0 Å². The number of unbranched alkanes of at least 4 members (excludes halogenated alkanes) is 3. The summed E-state index contributed by atoms with van der Waals surface area (Å²) < 4.78 is 5.54. The summed E-state index contributed by atoms with van der Waals surface area (Å²) in [4.78, 5) is 0. The summed E-state index contributed by atoms with van der Waals surface area (Å²) in [5.74, 6) is 0. The number of hydrogen-bond donors (Lipinski definition) is 2. The molecule has 0 fully saturated rings. The molecular weight excluding hydrogens is 166 g/mol. The summed E-state index contributed by atoms with van der Waals surface area (Å²) in [6, 6.07) is 0. The predicted octanol–water partition coefficient (Wildman–Crippen LogP) is 1.16. The summed E-state index contributed by atoms with van der Waals surface area (Å²) in [6.45, 7) is 4.14. The van der Waals surface area contributed by atoms with Gasteiger partial charge in [0, 0.05) is 19.8 Å². The first-order chi connectivity index (χ1) is 6.31. The molecule has 3 heteroatoms. The highest BCUT2D eigenvalue weighted by Crippen LogP contribution is 2.00. The molecule has 0 aliphatic rings. The molecule has 1 atom stereocenters. The monoisotopic (exact) mass is 189 g/mol. The fourth-order valence-electron chi connectivity index (χ4n) is 1.20. The maximum absolute atomic E-state index is 8.54. The number of nitrogens with one attached hydrogen (secondary N) is 1. The van der Waals surface area contributed by atoms with Gasteiger partial charge in [-0.2, -0.15) is 0 Å². The zero-order valence-corrected chi connectivity index (χ0v) is 8.88. The molecule has 0 aliphatic heterocycles. The zero-order valence-electron chi connectivity index (χ0n) is 8.88. The molecule has 13 heavy (non-hydrogen) atoms. The van der Waals surface area contributed by atoms with Crippen LogP contribution in [0.1, 0.15) is 32.6 Å². The first-order valence-corrected chi connectivity index (χ1v) is 5.18. The molecule has 0 radical (unpaired) electrons. The standard InChI is InChI=1S/C10H23NO2/c1-10(9-11-2)13-8-6-4-3-5-7-12/h10-12H,3-9H2,1-2H3. The van der Waals surface area contributed by atoms with Crippen molar-refractivity contribution in [2.45, 2.75) is 38.7 Å². The highest BCUT2D eigenvalue weighted by Gasteiger charge is 1.98. The van der Waals surface area contributed by atoms with E-state index in [4.69, 9.17) is 9.84 Å². The van der Waals surface area contributed by atoms with Crippen LogP contribution in [-0.4, -0.2) is 38.0 Å². The molecule has 0 aromatic rings. The van der Waals surface area contributed by atoms with Crippen molar-refractivity contribution in [3.05, 3.63) is 0 Å². The molecule has 0 amide bonds. The lowest BCUT2D eigenvalue weighted by Crippen LogP contribution is -2.23. The fourth-order valence-corrected chi connectivity index (χ4v) is 1.20. The Hall–Kier alpha value is -0.120. The van der Waals surface area contributed by atoms with Crippen molar-refractivity contribution in [3.63, 3.8) is 0 Å². The topological polar surface area (TPSA) is 41.5 Å². The van der Waals surface area contributed by atoms with Crippen LogP contribution in [0.25, 0.3) is 0 Å². The van der Waals surface area contributed by atoms with Crippen LogP contribution in [-0.2, 0) is 4.74 Å². The molecule has 1 unspecified atom stereocenters. The van der Waals surface area contributed by atoms with E-state index in [1.54, 1.807) is 0 Å². The van der Waals surface area contributed by atoms with E-state index in [1.807, 2.05) is 7.05 Å². The summed E-state index contributed by atoms with van der Waals surface area (Å²) in [7, 11) is 1.93. The molecule has 0 aromatic heterocycles. The summed E-state index contributed by atoms with van der Waals surface area (Å²) in [5, 5.41) is 11.6. The van der Waals surface area contributed by atoms with Crippen LogP contribution in [0.15, 0.2) is 0 Å². The number of ether oxygens (including phenoxy) is 1. The van der Waals surface area contributed by atoms with Crippen LogP contribution >= 0.6 is 0 Å². The molecule has 2 N–H and O–H groups in total. The van der Waals surface area contributed by atoms with Crippen molar-refractivity contribution in [2.24, 2.45) is 0 Å². The van der Waals surface area contributed by atoms with Gasteiger partial charge in [-0.3, -0.25) is 0 Å². The second-order valence-electron chi connectivity index (χ2n) is 3.38. The maximum Gasteiger partial charge on any atom is 0.0671 e. The largest absolute Gasteiger partial charge is 0.396 e. The predicted molar refractivity (Wildman–Crippen MR) is 54.9 cm³/mol. The van der Waals surface area contributed by atoms with Crippen LogP contribution < -0.4 is 5.32 Å². The Balaban J connectivity index is 2.97. The van der Waals surface area contributed by atoms with Crippen LogP contribution in [0, 0.1) is 0 Å². The smallest absolute Gasteiger partial charge is 0.0671 e. The van der Waals surface area contributed by atoms with Gasteiger partial charge in [0.1, 0.15) is 0 Å². The lowest BCUT2D eigenvalue weighted by atomic mass is 10.2. The molecular formula is C10H23NO2. The SMILES string of the molecule is CNCC(C)OCCCCCCO. The molecule has 0 rings (SSSR count). The Bertz CT molecular complexity index is 98.9. The molecule has 0 bridgehead atoms.